The van der Waals surface area contributed by atoms with Crippen molar-refractivity contribution >= 4 is 11.9 Å². The highest BCUT2D eigenvalue weighted by atomic mass is 16.5. The molecule has 0 saturated carbocycles. The van der Waals surface area contributed by atoms with E-state index in [1.54, 1.807) is 36.4 Å². The van der Waals surface area contributed by atoms with Crippen LogP contribution in [0.5, 0.6) is 5.75 Å². The number of hydrogen-bond acceptors (Lipinski definition) is 4. The lowest BCUT2D eigenvalue weighted by Gasteiger charge is -2.11. The minimum Gasteiger partial charge on any atom is -0.465 e. The lowest BCUT2D eigenvalue weighted by Crippen LogP contribution is -2.12. The topological polar surface area (TPSA) is 52.6 Å². The fraction of sp³-hybridized carbons (Fsp3) is 0.263. The van der Waals surface area contributed by atoms with Crippen LogP contribution in [0.25, 0.3) is 0 Å². The van der Waals surface area contributed by atoms with E-state index in [9.17, 15) is 9.59 Å². The average molecular weight is 312 g/mol. The molecular weight excluding hydrogens is 292 g/mol. The van der Waals surface area contributed by atoms with Gasteiger partial charge in [0, 0.05) is 0 Å². The summed E-state index contributed by atoms with van der Waals surface area (Å²) in [5.74, 6) is -0.409. The molecule has 0 heterocycles. The zero-order valence-electron chi connectivity index (χ0n) is 13.5. The number of ether oxygens (including phenoxy) is 2. The maximum Gasteiger partial charge on any atom is 0.343 e. The molecular formula is C19H20O4. The predicted molar refractivity (Wildman–Crippen MR) is 87.9 cm³/mol. The third-order valence-corrected chi connectivity index (χ3v) is 3.82. The number of benzene rings is 2. The zero-order valence-corrected chi connectivity index (χ0v) is 13.5. The van der Waals surface area contributed by atoms with Gasteiger partial charge in [-0.15, -0.1) is 0 Å². The van der Waals surface area contributed by atoms with Crippen molar-refractivity contribution in [3.8, 4) is 5.75 Å². The van der Waals surface area contributed by atoms with Crippen LogP contribution in [0.1, 0.15) is 52.5 Å². The van der Waals surface area contributed by atoms with E-state index in [2.05, 4.69) is 18.6 Å². The second kappa shape index (κ2) is 7.58. The molecule has 0 radical (unpaired) electrons. The Morgan fingerprint density at radius 1 is 1.00 bits per heavy atom. The van der Waals surface area contributed by atoms with Crippen molar-refractivity contribution in [2.45, 2.75) is 26.2 Å². The molecule has 0 bridgehead atoms. The van der Waals surface area contributed by atoms with E-state index in [1.165, 1.54) is 12.7 Å². The molecule has 4 nitrogen and oxygen atoms in total. The van der Waals surface area contributed by atoms with Gasteiger partial charge in [0.1, 0.15) is 11.3 Å². The molecule has 0 saturated heterocycles. The highest BCUT2D eigenvalue weighted by molar-refractivity contribution is 5.96. The Hall–Kier alpha value is -2.62. The second-order valence-electron chi connectivity index (χ2n) is 5.31. The van der Waals surface area contributed by atoms with Gasteiger partial charge in [-0.25, -0.2) is 9.59 Å². The fourth-order valence-electron chi connectivity index (χ4n) is 2.18. The third kappa shape index (κ3) is 3.97. The molecule has 0 fully saturated rings. The maximum atomic E-state index is 12.3. The van der Waals surface area contributed by atoms with Crippen molar-refractivity contribution in [3.05, 3.63) is 65.2 Å². The molecule has 120 valence electrons. The van der Waals surface area contributed by atoms with Crippen LogP contribution in [0.3, 0.4) is 0 Å². The van der Waals surface area contributed by atoms with Crippen LogP contribution in [-0.2, 0) is 4.74 Å². The minimum atomic E-state index is -0.541. The number of hydrogen-bond donors (Lipinski definition) is 0. The molecule has 2 rings (SSSR count). The molecule has 0 aliphatic carbocycles. The first-order valence-electron chi connectivity index (χ1n) is 7.56. The summed E-state index contributed by atoms with van der Waals surface area (Å²) in [6.45, 7) is 4.26. The molecule has 1 unspecified atom stereocenters. The van der Waals surface area contributed by atoms with Gasteiger partial charge >= 0.3 is 11.9 Å². The number of carbonyl (C=O) groups is 2. The van der Waals surface area contributed by atoms with E-state index in [4.69, 9.17) is 4.74 Å². The normalized spacial score (nSPS) is 11.6. The summed E-state index contributed by atoms with van der Waals surface area (Å²) in [6.07, 6.45) is 1.04. The number of carbonyl (C=O) groups excluding carboxylic acids is 2. The monoisotopic (exact) mass is 312 g/mol. The summed E-state index contributed by atoms with van der Waals surface area (Å²) in [5, 5.41) is 0. The van der Waals surface area contributed by atoms with E-state index < -0.39 is 11.9 Å². The van der Waals surface area contributed by atoms with Gasteiger partial charge in [0.05, 0.1) is 12.7 Å². The molecule has 2 aromatic carbocycles. The SMILES string of the molecule is CCC(C)c1ccc(C(=O)Oc2ccccc2C(=O)OC)cc1. The van der Waals surface area contributed by atoms with Crippen LogP contribution in [0.2, 0.25) is 0 Å². The molecule has 0 aliphatic heterocycles. The highest BCUT2D eigenvalue weighted by Gasteiger charge is 2.16. The number of rotatable bonds is 5. The van der Waals surface area contributed by atoms with Gasteiger partial charge in [-0.2, -0.15) is 0 Å². The Morgan fingerprint density at radius 2 is 1.65 bits per heavy atom. The minimum absolute atomic E-state index is 0.190. The van der Waals surface area contributed by atoms with E-state index in [1.807, 2.05) is 12.1 Å². The largest absolute Gasteiger partial charge is 0.465 e. The van der Waals surface area contributed by atoms with Gasteiger partial charge in [0.25, 0.3) is 0 Å². The van der Waals surface area contributed by atoms with E-state index in [-0.39, 0.29) is 11.3 Å². The number of methoxy groups -OCH3 is 1. The summed E-state index contributed by atoms with van der Waals surface area (Å²) < 4.78 is 10.0. The Morgan fingerprint density at radius 3 is 2.26 bits per heavy atom. The van der Waals surface area contributed by atoms with Gasteiger partial charge < -0.3 is 9.47 Å². The van der Waals surface area contributed by atoms with Gasteiger partial charge in [-0.3, -0.25) is 0 Å². The molecule has 4 heteroatoms. The molecule has 0 aliphatic rings. The van der Waals surface area contributed by atoms with Crippen LogP contribution in [-0.4, -0.2) is 19.0 Å². The van der Waals surface area contributed by atoms with Crippen LogP contribution in [0.4, 0.5) is 0 Å². The summed E-state index contributed by atoms with van der Waals surface area (Å²) in [5.41, 5.74) is 1.84. The van der Waals surface area contributed by atoms with Gasteiger partial charge in [-0.05, 0) is 42.2 Å². The highest BCUT2D eigenvalue weighted by Crippen LogP contribution is 2.22. The fourth-order valence-corrected chi connectivity index (χ4v) is 2.18. The predicted octanol–water partition coefficient (Wildman–Crippen LogP) is 4.21. The Kier molecular flexibility index (Phi) is 5.52. The molecule has 2 aromatic rings. The van der Waals surface area contributed by atoms with Crippen LogP contribution in [0.15, 0.2) is 48.5 Å². The molecule has 0 amide bonds. The summed E-state index contributed by atoms with van der Waals surface area (Å²) in [6, 6.07) is 13.8. The number of para-hydroxylation sites is 1. The smallest absolute Gasteiger partial charge is 0.343 e. The summed E-state index contributed by atoms with van der Waals surface area (Å²) in [7, 11) is 1.29. The van der Waals surface area contributed by atoms with E-state index in [0.717, 1.165) is 6.42 Å². The van der Waals surface area contributed by atoms with Crippen molar-refractivity contribution in [3.63, 3.8) is 0 Å². The molecule has 0 N–H and O–H groups in total. The van der Waals surface area contributed by atoms with Crippen LogP contribution in [0, 0.1) is 0 Å². The lowest BCUT2D eigenvalue weighted by molar-refractivity contribution is 0.0593. The second-order valence-corrected chi connectivity index (χ2v) is 5.31. The molecule has 0 spiro atoms. The first-order chi connectivity index (χ1) is 11.1. The van der Waals surface area contributed by atoms with Crippen molar-refractivity contribution in [2.24, 2.45) is 0 Å². The van der Waals surface area contributed by atoms with Crippen LogP contribution < -0.4 is 4.74 Å². The molecule has 23 heavy (non-hydrogen) atoms. The number of esters is 2. The zero-order chi connectivity index (χ0) is 16.8. The first kappa shape index (κ1) is 16.7. The van der Waals surface area contributed by atoms with Crippen molar-refractivity contribution < 1.29 is 19.1 Å². The van der Waals surface area contributed by atoms with Crippen molar-refractivity contribution in [1.82, 2.24) is 0 Å². The van der Waals surface area contributed by atoms with E-state index >= 15 is 0 Å². The van der Waals surface area contributed by atoms with Crippen molar-refractivity contribution in [2.75, 3.05) is 7.11 Å². The summed E-state index contributed by atoms with van der Waals surface area (Å²) in [4.78, 5) is 23.9. The van der Waals surface area contributed by atoms with Crippen LogP contribution >= 0.6 is 0 Å². The molecule has 1 atom stereocenters. The standard InChI is InChI=1S/C19H20O4/c1-4-13(2)14-9-11-15(12-10-14)18(20)23-17-8-6-5-7-16(17)19(21)22-3/h5-13H,4H2,1-3H3. The average Bonchev–Trinajstić information content (AvgIpc) is 2.61. The Bertz CT molecular complexity index is 689. The third-order valence-electron chi connectivity index (χ3n) is 3.82. The van der Waals surface area contributed by atoms with Crippen molar-refractivity contribution in [1.29, 1.82) is 0 Å². The maximum absolute atomic E-state index is 12.3. The van der Waals surface area contributed by atoms with Gasteiger partial charge in [0.2, 0.25) is 0 Å². The Labute approximate surface area is 136 Å². The first-order valence-corrected chi connectivity index (χ1v) is 7.56. The summed E-state index contributed by atoms with van der Waals surface area (Å²) >= 11 is 0. The van der Waals surface area contributed by atoms with Gasteiger partial charge in [0.15, 0.2) is 0 Å². The lowest BCUT2D eigenvalue weighted by atomic mass is 9.98. The van der Waals surface area contributed by atoms with E-state index in [0.29, 0.717) is 11.5 Å². The molecule has 0 aromatic heterocycles. The van der Waals surface area contributed by atoms with Gasteiger partial charge in [-0.1, -0.05) is 38.1 Å². The quantitative estimate of drug-likeness (QED) is 0.613. The Balaban J connectivity index is 2.18.